The van der Waals surface area contributed by atoms with Crippen LogP contribution in [0.15, 0.2) is 28.9 Å². The predicted molar refractivity (Wildman–Crippen MR) is 76.8 cm³/mol. The van der Waals surface area contributed by atoms with E-state index in [2.05, 4.69) is 10.2 Å². The Labute approximate surface area is 123 Å². The number of furan rings is 1. The van der Waals surface area contributed by atoms with Gasteiger partial charge in [0.1, 0.15) is 5.69 Å². The number of hydrogen-bond donors (Lipinski definition) is 1. The summed E-state index contributed by atoms with van der Waals surface area (Å²) in [5.74, 6) is 1.05. The Morgan fingerprint density at radius 1 is 1.62 bits per heavy atom. The Morgan fingerprint density at radius 3 is 3.29 bits per heavy atom. The quantitative estimate of drug-likeness (QED) is 0.936. The third-order valence-corrected chi connectivity index (χ3v) is 3.79. The molecule has 1 N–H and O–H groups in total. The van der Waals surface area contributed by atoms with Crippen LogP contribution in [-0.2, 0) is 4.74 Å². The van der Waals surface area contributed by atoms with Crippen molar-refractivity contribution in [3.05, 3.63) is 30.2 Å². The van der Waals surface area contributed by atoms with Crippen molar-refractivity contribution in [1.82, 2.24) is 15.1 Å². The van der Waals surface area contributed by atoms with E-state index in [1.165, 1.54) is 0 Å². The van der Waals surface area contributed by atoms with Gasteiger partial charge in [0.05, 0.1) is 12.9 Å². The van der Waals surface area contributed by atoms with Crippen molar-refractivity contribution in [1.29, 1.82) is 0 Å². The summed E-state index contributed by atoms with van der Waals surface area (Å²) in [4.78, 5) is 14.4. The van der Waals surface area contributed by atoms with E-state index in [1.807, 2.05) is 11.0 Å². The second-order valence-electron chi connectivity index (χ2n) is 5.36. The number of nitrogens with zero attached hydrogens (tertiary/aromatic N) is 2. The predicted octanol–water partition coefficient (Wildman–Crippen LogP) is 2.17. The first-order chi connectivity index (χ1) is 10.3. The van der Waals surface area contributed by atoms with Crippen molar-refractivity contribution in [2.24, 2.45) is 5.92 Å². The first kappa shape index (κ1) is 13.9. The number of aromatic nitrogens is 2. The van der Waals surface area contributed by atoms with E-state index in [0.29, 0.717) is 29.7 Å². The zero-order valence-corrected chi connectivity index (χ0v) is 12.0. The van der Waals surface area contributed by atoms with E-state index >= 15 is 0 Å². The summed E-state index contributed by atoms with van der Waals surface area (Å²) in [5, 5.41) is 6.96. The van der Waals surface area contributed by atoms with E-state index in [-0.39, 0.29) is 5.91 Å². The number of hydrogen-bond acceptors (Lipinski definition) is 4. The van der Waals surface area contributed by atoms with Gasteiger partial charge in [-0.25, -0.2) is 0 Å². The highest BCUT2D eigenvalue weighted by molar-refractivity contribution is 5.93. The highest BCUT2D eigenvalue weighted by atomic mass is 16.5. The van der Waals surface area contributed by atoms with Gasteiger partial charge in [0, 0.05) is 26.3 Å². The van der Waals surface area contributed by atoms with Gasteiger partial charge < -0.3 is 14.1 Å². The molecule has 1 fully saturated rings. The average molecular weight is 289 g/mol. The monoisotopic (exact) mass is 289 g/mol. The van der Waals surface area contributed by atoms with Crippen molar-refractivity contribution < 1.29 is 13.9 Å². The number of likely N-dealkylation sites (tertiary alicyclic amines) is 1. The lowest BCUT2D eigenvalue weighted by Crippen LogP contribution is -2.41. The zero-order valence-electron chi connectivity index (χ0n) is 12.0. The number of ether oxygens (including phenoxy) is 1. The SMILES string of the molecule is COCC1CCCN(C(=O)c2cc(-c3ccco3)[nH]n2)C1. The molecule has 6 nitrogen and oxygen atoms in total. The van der Waals surface area contributed by atoms with Gasteiger partial charge in [0.15, 0.2) is 11.5 Å². The van der Waals surface area contributed by atoms with Crippen LogP contribution in [0.2, 0.25) is 0 Å². The molecular weight excluding hydrogens is 270 g/mol. The number of H-pyrrole nitrogens is 1. The van der Waals surface area contributed by atoms with Gasteiger partial charge in [0.2, 0.25) is 0 Å². The molecule has 112 valence electrons. The second kappa shape index (κ2) is 6.13. The smallest absolute Gasteiger partial charge is 0.274 e. The maximum Gasteiger partial charge on any atom is 0.274 e. The van der Waals surface area contributed by atoms with Gasteiger partial charge >= 0.3 is 0 Å². The Kier molecular flexibility index (Phi) is 4.06. The Balaban J connectivity index is 1.70. The molecule has 2 aromatic rings. The number of piperidine rings is 1. The summed E-state index contributed by atoms with van der Waals surface area (Å²) in [6.45, 7) is 2.21. The van der Waals surface area contributed by atoms with Crippen molar-refractivity contribution in [3.8, 4) is 11.5 Å². The fourth-order valence-corrected chi connectivity index (χ4v) is 2.77. The third-order valence-electron chi connectivity index (χ3n) is 3.79. The molecule has 21 heavy (non-hydrogen) atoms. The van der Waals surface area contributed by atoms with Gasteiger partial charge in [-0.1, -0.05) is 0 Å². The van der Waals surface area contributed by atoms with Crippen LogP contribution in [-0.4, -0.2) is 47.8 Å². The number of carbonyl (C=O) groups excluding carboxylic acids is 1. The van der Waals surface area contributed by atoms with Gasteiger partial charge in [-0.3, -0.25) is 9.89 Å². The van der Waals surface area contributed by atoms with Crippen LogP contribution in [0.3, 0.4) is 0 Å². The van der Waals surface area contributed by atoms with Crippen LogP contribution in [0.4, 0.5) is 0 Å². The molecule has 0 radical (unpaired) electrons. The summed E-state index contributed by atoms with van der Waals surface area (Å²) in [7, 11) is 1.70. The summed E-state index contributed by atoms with van der Waals surface area (Å²) >= 11 is 0. The van der Waals surface area contributed by atoms with Gasteiger partial charge in [-0.2, -0.15) is 5.10 Å². The standard InChI is InChI=1S/C15H19N3O3/c1-20-10-11-4-2-6-18(9-11)15(19)13-8-12(16-17-13)14-5-3-7-21-14/h3,5,7-8,11H,2,4,6,9-10H2,1H3,(H,16,17). The summed E-state index contributed by atoms with van der Waals surface area (Å²) in [5.41, 5.74) is 1.15. The first-order valence-corrected chi connectivity index (χ1v) is 7.15. The third kappa shape index (κ3) is 3.00. The Morgan fingerprint density at radius 2 is 2.52 bits per heavy atom. The molecule has 0 bridgehead atoms. The average Bonchev–Trinajstić information content (AvgIpc) is 3.18. The van der Waals surface area contributed by atoms with E-state index in [9.17, 15) is 4.79 Å². The number of methoxy groups -OCH3 is 1. The lowest BCUT2D eigenvalue weighted by Gasteiger charge is -2.31. The maximum atomic E-state index is 12.5. The second-order valence-corrected chi connectivity index (χ2v) is 5.36. The normalized spacial score (nSPS) is 18.9. The van der Waals surface area contributed by atoms with Crippen LogP contribution in [0.25, 0.3) is 11.5 Å². The van der Waals surface area contributed by atoms with E-state index < -0.39 is 0 Å². The number of carbonyl (C=O) groups is 1. The summed E-state index contributed by atoms with van der Waals surface area (Å²) in [6, 6.07) is 5.37. The van der Waals surface area contributed by atoms with Crippen molar-refractivity contribution in [2.45, 2.75) is 12.8 Å². The summed E-state index contributed by atoms with van der Waals surface area (Å²) in [6.07, 6.45) is 3.71. The molecule has 1 saturated heterocycles. The van der Waals surface area contributed by atoms with Crippen molar-refractivity contribution in [3.63, 3.8) is 0 Å². The molecule has 1 aliphatic rings. The first-order valence-electron chi connectivity index (χ1n) is 7.15. The molecule has 1 unspecified atom stereocenters. The Hall–Kier alpha value is -2.08. The molecule has 1 amide bonds. The van der Waals surface area contributed by atoms with Crippen LogP contribution in [0.1, 0.15) is 23.3 Å². The topological polar surface area (TPSA) is 71.4 Å². The molecule has 1 atom stereocenters. The van der Waals surface area contributed by atoms with E-state index in [4.69, 9.17) is 9.15 Å². The molecular formula is C15H19N3O3. The minimum absolute atomic E-state index is 0.0372. The molecule has 1 aliphatic heterocycles. The maximum absolute atomic E-state index is 12.5. The van der Waals surface area contributed by atoms with Crippen LogP contribution in [0.5, 0.6) is 0 Å². The zero-order chi connectivity index (χ0) is 14.7. The Bertz CT molecular complexity index is 589. The molecule has 6 heteroatoms. The number of amides is 1. The minimum atomic E-state index is -0.0372. The lowest BCUT2D eigenvalue weighted by atomic mass is 9.99. The number of rotatable bonds is 4. The lowest BCUT2D eigenvalue weighted by molar-refractivity contribution is 0.0565. The highest BCUT2D eigenvalue weighted by Crippen LogP contribution is 2.21. The molecule has 0 aliphatic carbocycles. The molecule has 0 aromatic carbocycles. The highest BCUT2D eigenvalue weighted by Gasteiger charge is 2.26. The largest absolute Gasteiger partial charge is 0.463 e. The molecule has 0 spiro atoms. The van der Waals surface area contributed by atoms with Crippen molar-refractivity contribution in [2.75, 3.05) is 26.8 Å². The van der Waals surface area contributed by atoms with Gasteiger partial charge in [-0.15, -0.1) is 0 Å². The number of nitrogens with one attached hydrogen (secondary N) is 1. The van der Waals surface area contributed by atoms with Gasteiger partial charge in [-0.05, 0) is 30.9 Å². The fourth-order valence-electron chi connectivity index (χ4n) is 2.77. The molecule has 0 saturated carbocycles. The van der Waals surface area contributed by atoms with Crippen LogP contribution >= 0.6 is 0 Å². The summed E-state index contributed by atoms with van der Waals surface area (Å²) < 4.78 is 10.5. The molecule has 3 heterocycles. The van der Waals surface area contributed by atoms with Crippen LogP contribution in [0, 0.1) is 5.92 Å². The minimum Gasteiger partial charge on any atom is -0.463 e. The van der Waals surface area contributed by atoms with E-state index in [1.54, 1.807) is 25.5 Å². The van der Waals surface area contributed by atoms with Gasteiger partial charge in [0.25, 0.3) is 5.91 Å². The van der Waals surface area contributed by atoms with Crippen molar-refractivity contribution >= 4 is 5.91 Å². The number of aromatic amines is 1. The fraction of sp³-hybridized carbons (Fsp3) is 0.467. The van der Waals surface area contributed by atoms with E-state index in [0.717, 1.165) is 25.9 Å². The van der Waals surface area contributed by atoms with Crippen LogP contribution < -0.4 is 0 Å². The molecule has 3 rings (SSSR count). The molecule has 2 aromatic heterocycles.